The highest BCUT2D eigenvalue weighted by Crippen LogP contribution is 2.30. The molecule has 4 N–H and O–H groups in total. The number of rotatable bonds is 4. The summed E-state index contributed by atoms with van der Waals surface area (Å²) >= 11 is 0. The van der Waals surface area contributed by atoms with Crippen molar-refractivity contribution in [2.45, 2.75) is 57.0 Å². The lowest BCUT2D eigenvalue weighted by atomic mass is 9.94. The van der Waals surface area contributed by atoms with E-state index in [4.69, 9.17) is 5.73 Å². The van der Waals surface area contributed by atoms with Gasteiger partial charge in [0.05, 0.1) is 0 Å². The van der Waals surface area contributed by atoms with Crippen molar-refractivity contribution in [3.8, 4) is 0 Å². The second kappa shape index (κ2) is 7.38. The van der Waals surface area contributed by atoms with E-state index in [-0.39, 0.29) is 30.5 Å². The fourth-order valence-electron chi connectivity index (χ4n) is 3.62. The maximum Gasteiger partial charge on any atom is 0.410 e. The number of fused-ring (bicyclic) bond motifs is 1. The van der Waals surface area contributed by atoms with Crippen LogP contribution in [0.25, 0.3) is 0 Å². The smallest absolute Gasteiger partial charge is 0.339 e. The third kappa shape index (κ3) is 4.16. The predicted octanol–water partition coefficient (Wildman–Crippen LogP) is 0.846. The Labute approximate surface area is 170 Å². The maximum atomic E-state index is 13.3. The summed E-state index contributed by atoms with van der Waals surface area (Å²) in [5.41, 5.74) is 4.43. The summed E-state index contributed by atoms with van der Waals surface area (Å²) in [6.45, 7) is 2.32. The van der Waals surface area contributed by atoms with Gasteiger partial charge in [-0.3, -0.25) is 24.5 Å². The van der Waals surface area contributed by atoms with Crippen LogP contribution >= 0.6 is 0 Å². The van der Waals surface area contributed by atoms with Crippen LogP contribution in [-0.4, -0.2) is 52.3 Å². The third-order valence-electron chi connectivity index (χ3n) is 5.13. The minimum absolute atomic E-state index is 0.00659. The molecule has 1 aromatic rings. The zero-order chi connectivity index (χ0) is 22.4. The Morgan fingerprint density at radius 2 is 1.93 bits per heavy atom. The number of amides is 4. The molecular weight excluding hydrogens is 405 g/mol. The molecule has 0 bridgehead atoms. The predicted molar refractivity (Wildman–Crippen MR) is 98.1 cm³/mol. The minimum atomic E-state index is -4.75. The topological polar surface area (TPSA) is 122 Å². The molecule has 0 radical (unpaired) electrons. The summed E-state index contributed by atoms with van der Waals surface area (Å²) in [6, 6.07) is 0.816. The first-order valence-electron chi connectivity index (χ1n) is 9.23. The van der Waals surface area contributed by atoms with Gasteiger partial charge in [0.2, 0.25) is 11.8 Å². The van der Waals surface area contributed by atoms with Gasteiger partial charge in [0, 0.05) is 29.6 Å². The zero-order valence-corrected chi connectivity index (χ0v) is 16.3. The average Bonchev–Trinajstić information content (AvgIpc) is 2.93. The summed E-state index contributed by atoms with van der Waals surface area (Å²) < 4.78 is 39.8. The SMILES string of the molecule is CC(C)(N)[C@@H](NC(=O)c1ccc2c(c1)CN(C1CCC(=O)NC1=O)C2=O)C(F)(F)F. The lowest BCUT2D eigenvalue weighted by molar-refractivity contribution is -0.165. The van der Waals surface area contributed by atoms with Gasteiger partial charge in [-0.15, -0.1) is 0 Å². The number of imide groups is 1. The number of alkyl halides is 3. The van der Waals surface area contributed by atoms with E-state index in [1.54, 1.807) is 0 Å². The van der Waals surface area contributed by atoms with E-state index in [2.05, 4.69) is 5.32 Å². The standard InChI is InChI=1S/C19H21F3N4O4/c1-18(2,23)17(19(20,21)22)25-14(28)9-3-4-11-10(7-9)8-26(16(11)30)12-5-6-13(27)24-15(12)29/h3-4,7,12,17H,5-6,8,23H2,1-2H3,(H,25,28)(H,24,27,29)/t12?,17-/m1/s1. The van der Waals surface area contributed by atoms with Gasteiger partial charge in [-0.25, -0.2) is 0 Å². The van der Waals surface area contributed by atoms with Crippen LogP contribution in [0.1, 0.15) is 53.0 Å². The van der Waals surface area contributed by atoms with E-state index >= 15 is 0 Å². The molecule has 4 amide bonds. The van der Waals surface area contributed by atoms with Crippen molar-refractivity contribution in [1.29, 1.82) is 0 Å². The Hall–Kier alpha value is -2.95. The van der Waals surface area contributed by atoms with Crippen LogP contribution in [0.3, 0.4) is 0 Å². The monoisotopic (exact) mass is 426 g/mol. The van der Waals surface area contributed by atoms with Crippen molar-refractivity contribution in [1.82, 2.24) is 15.5 Å². The normalized spacial score (nSPS) is 20.7. The molecule has 1 unspecified atom stereocenters. The number of nitrogens with one attached hydrogen (secondary N) is 2. The number of carbonyl (C=O) groups is 4. The van der Waals surface area contributed by atoms with Gasteiger partial charge in [0.25, 0.3) is 11.8 Å². The van der Waals surface area contributed by atoms with Gasteiger partial charge in [0.15, 0.2) is 0 Å². The van der Waals surface area contributed by atoms with Crippen LogP contribution in [-0.2, 0) is 16.1 Å². The number of carbonyl (C=O) groups excluding carboxylic acids is 4. The fourth-order valence-corrected chi connectivity index (χ4v) is 3.62. The lowest BCUT2D eigenvalue weighted by Crippen LogP contribution is -2.61. The fraction of sp³-hybridized carbons (Fsp3) is 0.474. The molecule has 3 rings (SSSR count). The molecule has 0 aliphatic carbocycles. The number of benzene rings is 1. The Bertz CT molecular complexity index is 909. The van der Waals surface area contributed by atoms with E-state index in [1.165, 1.54) is 23.1 Å². The third-order valence-corrected chi connectivity index (χ3v) is 5.13. The van der Waals surface area contributed by atoms with E-state index in [9.17, 15) is 32.3 Å². The number of hydrogen-bond donors (Lipinski definition) is 3. The van der Waals surface area contributed by atoms with Crippen LogP contribution in [0.15, 0.2) is 18.2 Å². The van der Waals surface area contributed by atoms with Crippen LogP contribution in [0.2, 0.25) is 0 Å². The molecule has 8 nitrogen and oxygen atoms in total. The summed E-state index contributed by atoms with van der Waals surface area (Å²) in [6.07, 6.45) is -4.47. The number of nitrogens with zero attached hydrogens (tertiary/aromatic N) is 1. The van der Waals surface area contributed by atoms with Gasteiger partial charge in [-0.05, 0) is 44.0 Å². The number of piperidine rings is 1. The zero-order valence-electron chi connectivity index (χ0n) is 16.3. The molecule has 0 spiro atoms. The van der Waals surface area contributed by atoms with E-state index in [0.29, 0.717) is 5.56 Å². The van der Waals surface area contributed by atoms with Crippen molar-refractivity contribution in [3.63, 3.8) is 0 Å². The van der Waals surface area contributed by atoms with Gasteiger partial charge in [-0.1, -0.05) is 0 Å². The number of hydrogen-bond acceptors (Lipinski definition) is 5. The summed E-state index contributed by atoms with van der Waals surface area (Å²) in [5.74, 6) is -2.42. The Morgan fingerprint density at radius 3 is 2.50 bits per heavy atom. The lowest BCUT2D eigenvalue weighted by Gasteiger charge is -2.32. The van der Waals surface area contributed by atoms with Gasteiger partial charge >= 0.3 is 6.18 Å². The first kappa shape index (κ1) is 21.8. The summed E-state index contributed by atoms with van der Waals surface area (Å²) in [5, 5.41) is 4.09. The van der Waals surface area contributed by atoms with Gasteiger partial charge in [0.1, 0.15) is 12.1 Å². The van der Waals surface area contributed by atoms with Crippen LogP contribution in [0.5, 0.6) is 0 Å². The van der Waals surface area contributed by atoms with Crippen molar-refractivity contribution in [2.75, 3.05) is 0 Å². The molecular formula is C19H21F3N4O4. The van der Waals surface area contributed by atoms with Crippen LogP contribution in [0, 0.1) is 0 Å². The molecule has 1 fully saturated rings. The highest BCUT2D eigenvalue weighted by molar-refractivity contribution is 6.06. The number of nitrogens with two attached hydrogens (primary N) is 1. The Morgan fingerprint density at radius 1 is 1.27 bits per heavy atom. The number of halogens is 3. The molecule has 1 aromatic carbocycles. The van der Waals surface area contributed by atoms with Crippen molar-refractivity contribution in [2.24, 2.45) is 5.73 Å². The van der Waals surface area contributed by atoms with Crippen LogP contribution < -0.4 is 16.4 Å². The molecule has 1 saturated heterocycles. The van der Waals surface area contributed by atoms with E-state index < -0.39 is 47.4 Å². The molecule has 162 valence electrons. The molecule has 2 heterocycles. The molecule has 2 aliphatic rings. The van der Waals surface area contributed by atoms with Crippen LogP contribution in [0.4, 0.5) is 13.2 Å². The summed E-state index contributed by atoms with van der Waals surface area (Å²) in [7, 11) is 0. The second-order valence-corrected chi connectivity index (χ2v) is 8.04. The molecule has 11 heteroatoms. The Balaban J connectivity index is 1.80. The molecule has 30 heavy (non-hydrogen) atoms. The molecule has 0 aromatic heterocycles. The van der Waals surface area contributed by atoms with Crippen molar-refractivity contribution in [3.05, 3.63) is 34.9 Å². The Kier molecular flexibility index (Phi) is 5.35. The van der Waals surface area contributed by atoms with Gasteiger partial charge in [-0.2, -0.15) is 13.2 Å². The van der Waals surface area contributed by atoms with Crippen molar-refractivity contribution >= 4 is 23.6 Å². The maximum absolute atomic E-state index is 13.3. The largest absolute Gasteiger partial charge is 0.410 e. The highest BCUT2D eigenvalue weighted by Gasteiger charge is 2.48. The van der Waals surface area contributed by atoms with E-state index in [0.717, 1.165) is 13.8 Å². The van der Waals surface area contributed by atoms with Crippen molar-refractivity contribution < 1.29 is 32.3 Å². The minimum Gasteiger partial charge on any atom is -0.339 e. The first-order chi connectivity index (χ1) is 13.8. The highest BCUT2D eigenvalue weighted by atomic mass is 19.4. The second-order valence-electron chi connectivity index (χ2n) is 8.04. The molecule has 2 atom stereocenters. The first-order valence-corrected chi connectivity index (χ1v) is 9.23. The molecule has 2 aliphatic heterocycles. The summed E-state index contributed by atoms with van der Waals surface area (Å²) in [4.78, 5) is 49.7. The molecule has 0 saturated carbocycles. The van der Waals surface area contributed by atoms with Gasteiger partial charge < -0.3 is 16.0 Å². The quantitative estimate of drug-likeness (QED) is 0.616. The average molecular weight is 426 g/mol. The van der Waals surface area contributed by atoms with E-state index in [1.807, 2.05) is 5.32 Å².